The van der Waals surface area contributed by atoms with E-state index in [9.17, 15) is 19.8 Å². The Hall–Kier alpha value is -2.62. The number of piperazine rings is 1. The minimum absolute atomic E-state index is 0.207. The third-order valence-electron chi connectivity index (χ3n) is 6.37. The van der Waals surface area contributed by atoms with E-state index in [0.717, 1.165) is 29.0 Å². The molecule has 1 aliphatic heterocycles. The Balaban J connectivity index is 1.22. The number of para-hydroxylation sites is 1. The van der Waals surface area contributed by atoms with Gasteiger partial charge < -0.3 is 25.3 Å². The first-order valence-electron chi connectivity index (χ1n) is 12.0. The van der Waals surface area contributed by atoms with E-state index in [1.54, 1.807) is 0 Å². The number of thiophene rings is 1. The third-order valence-corrected chi connectivity index (χ3v) is 7.92. The zero-order valence-electron chi connectivity index (χ0n) is 20.1. The lowest BCUT2D eigenvalue weighted by Crippen LogP contribution is -2.55. The molecule has 0 saturated carbocycles. The van der Waals surface area contributed by atoms with Gasteiger partial charge in [0.25, 0.3) is 11.8 Å². The number of aryl methyl sites for hydroxylation is 2. The van der Waals surface area contributed by atoms with Crippen LogP contribution in [0.3, 0.4) is 0 Å². The van der Waals surface area contributed by atoms with Gasteiger partial charge >= 0.3 is 0 Å². The van der Waals surface area contributed by atoms with E-state index in [2.05, 4.69) is 10.2 Å². The molecular formula is C27H29Cl2N3O4S. The van der Waals surface area contributed by atoms with Crippen molar-refractivity contribution in [3.63, 3.8) is 0 Å². The molecule has 0 radical (unpaired) electrons. The van der Waals surface area contributed by atoms with Crippen LogP contribution in [0.25, 0.3) is 0 Å². The number of aliphatic hydroxyl groups is 2. The van der Waals surface area contributed by atoms with Crippen molar-refractivity contribution >= 4 is 52.0 Å². The SMILES string of the molecule is O=C(NCc1cc(CCc2ccc(Cl)cc2)cs1)[C@H](O)[C@@H](O)C(=O)N1CCN(c2ccccc2Cl)CC1. The summed E-state index contributed by atoms with van der Waals surface area (Å²) in [6.07, 6.45) is -1.95. The number of carbonyl (C=O) groups excluding carboxylic acids is 2. The number of aliphatic hydroxyl groups excluding tert-OH is 2. The van der Waals surface area contributed by atoms with E-state index in [-0.39, 0.29) is 6.54 Å². The lowest BCUT2D eigenvalue weighted by atomic mass is 10.1. The van der Waals surface area contributed by atoms with Crippen molar-refractivity contribution in [3.05, 3.63) is 86.0 Å². The molecule has 2 aromatic carbocycles. The molecule has 1 saturated heterocycles. The van der Waals surface area contributed by atoms with Crippen molar-refractivity contribution in [3.8, 4) is 0 Å². The van der Waals surface area contributed by atoms with Crippen molar-refractivity contribution in [2.75, 3.05) is 31.1 Å². The highest BCUT2D eigenvalue weighted by molar-refractivity contribution is 7.10. The lowest BCUT2D eigenvalue weighted by Gasteiger charge is -2.37. The van der Waals surface area contributed by atoms with Crippen molar-refractivity contribution in [1.82, 2.24) is 10.2 Å². The second-order valence-electron chi connectivity index (χ2n) is 8.92. The van der Waals surface area contributed by atoms with Crippen molar-refractivity contribution in [2.24, 2.45) is 0 Å². The number of amides is 2. The molecular weight excluding hydrogens is 533 g/mol. The lowest BCUT2D eigenvalue weighted by molar-refractivity contribution is -0.153. The second-order valence-corrected chi connectivity index (χ2v) is 10.8. The van der Waals surface area contributed by atoms with Crippen LogP contribution >= 0.6 is 34.5 Å². The van der Waals surface area contributed by atoms with Gasteiger partial charge in [-0.1, -0.05) is 47.5 Å². The standard InChI is InChI=1S/C27H29Cl2N3O4S/c28-20-9-7-18(8-10-20)5-6-19-15-21(37-17-19)16-30-26(35)24(33)25(34)27(36)32-13-11-31(12-14-32)23-4-2-1-3-22(23)29/h1-4,7-10,15,17,24-25,33-34H,5-6,11-14,16H2,(H,30,35)/t24-,25-/m1/s1. The van der Waals surface area contributed by atoms with E-state index >= 15 is 0 Å². The summed E-state index contributed by atoms with van der Waals surface area (Å²) in [5, 5.41) is 26.7. The topological polar surface area (TPSA) is 93.1 Å². The first-order chi connectivity index (χ1) is 17.8. The van der Waals surface area contributed by atoms with Crippen LogP contribution < -0.4 is 10.2 Å². The molecule has 10 heteroatoms. The number of rotatable bonds is 9. The maximum atomic E-state index is 12.7. The number of benzene rings is 2. The number of nitrogens with one attached hydrogen (secondary N) is 1. The van der Waals surface area contributed by atoms with Crippen LogP contribution in [-0.4, -0.2) is 65.3 Å². The first-order valence-corrected chi connectivity index (χ1v) is 13.7. The molecule has 196 valence electrons. The second kappa shape index (κ2) is 12.8. The summed E-state index contributed by atoms with van der Waals surface area (Å²) in [7, 11) is 0. The Morgan fingerprint density at radius 2 is 1.59 bits per heavy atom. The van der Waals surface area contributed by atoms with Gasteiger partial charge in [-0.25, -0.2) is 0 Å². The molecule has 0 aliphatic carbocycles. The van der Waals surface area contributed by atoms with Crippen LogP contribution in [0.15, 0.2) is 60.0 Å². The van der Waals surface area contributed by atoms with Gasteiger partial charge in [0.1, 0.15) is 0 Å². The van der Waals surface area contributed by atoms with Gasteiger partial charge in [-0.05, 0) is 59.7 Å². The van der Waals surface area contributed by atoms with Gasteiger partial charge in [0, 0.05) is 36.1 Å². The quantitative estimate of drug-likeness (QED) is 0.371. The van der Waals surface area contributed by atoms with Crippen LogP contribution in [0, 0.1) is 0 Å². The molecule has 0 bridgehead atoms. The number of halogens is 2. The number of anilines is 1. The molecule has 1 fully saturated rings. The Kier molecular flexibility index (Phi) is 9.45. The molecule has 37 heavy (non-hydrogen) atoms. The molecule has 2 heterocycles. The van der Waals surface area contributed by atoms with Crippen LogP contribution in [0.1, 0.15) is 16.0 Å². The molecule has 4 rings (SSSR count). The summed E-state index contributed by atoms with van der Waals surface area (Å²) in [4.78, 5) is 29.6. The van der Waals surface area contributed by atoms with Gasteiger partial charge in [-0.3, -0.25) is 9.59 Å². The largest absolute Gasteiger partial charge is 0.380 e. The normalized spacial score (nSPS) is 15.4. The van der Waals surface area contributed by atoms with Crippen molar-refractivity contribution < 1.29 is 19.8 Å². The number of carbonyl (C=O) groups is 2. The Morgan fingerprint density at radius 1 is 0.919 bits per heavy atom. The zero-order chi connectivity index (χ0) is 26.4. The number of hydrogen-bond donors (Lipinski definition) is 3. The summed E-state index contributed by atoms with van der Waals surface area (Å²) in [5.74, 6) is -1.45. The predicted molar refractivity (Wildman–Crippen MR) is 147 cm³/mol. The van der Waals surface area contributed by atoms with Gasteiger partial charge in [0.05, 0.1) is 17.3 Å². The van der Waals surface area contributed by atoms with Crippen molar-refractivity contribution in [2.45, 2.75) is 31.6 Å². The Morgan fingerprint density at radius 3 is 2.30 bits per heavy atom. The molecule has 3 N–H and O–H groups in total. The van der Waals surface area contributed by atoms with Crippen molar-refractivity contribution in [1.29, 1.82) is 0 Å². The molecule has 0 unspecified atom stereocenters. The minimum Gasteiger partial charge on any atom is -0.380 e. The van der Waals surface area contributed by atoms with Crippen LogP contribution in [0.4, 0.5) is 5.69 Å². The molecule has 0 spiro atoms. The average molecular weight is 563 g/mol. The van der Waals surface area contributed by atoms with Crippen LogP contribution in [0.5, 0.6) is 0 Å². The average Bonchev–Trinajstić information content (AvgIpc) is 3.38. The fraction of sp³-hybridized carbons (Fsp3) is 0.333. The Bertz CT molecular complexity index is 1210. The number of hydrogen-bond acceptors (Lipinski definition) is 6. The summed E-state index contributed by atoms with van der Waals surface area (Å²) >= 11 is 13.7. The van der Waals surface area contributed by atoms with E-state index in [1.807, 2.05) is 60.0 Å². The summed E-state index contributed by atoms with van der Waals surface area (Å²) in [5.41, 5.74) is 3.23. The molecule has 1 aromatic heterocycles. The fourth-order valence-electron chi connectivity index (χ4n) is 4.21. The highest BCUT2D eigenvalue weighted by atomic mass is 35.5. The zero-order valence-corrected chi connectivity index (χ0v) is 22.5. The maximum Gasteiger partial charge on any atom is 0.254 e. The predicted octanol–water partition coefficient (Wildman–Crippen LogP) is 3.53. The van der Waals surface area contributed by atoms with E-state index in [4.69, 9.17) is 23.2 Å². The number of nitrogens with zero attached hydrogens (tertiary/aromatic N) is 2. The van der Waals surface area contributed by atoms with Crippen LogP contribution in [-0.2, 0) is 29.0 Å². The summed E-state index contributed by atoms with van der Waals surface area (Å²) in [6.45, 7) is 1.97. The molecule has 1 aliphatic rings. The monoisotopic (exact) mass is 561 g/mol. The van der Waals surface area contributed by atoms with Gasteiger partial charge in [0.15, 0.2) is 12.2 Å². The highest BCUT2D eigenvalue weighted by Gasteiger charge is 2.34. The smallest absolute Gasteiger partial charge is 0.254 e. The summed E-state index contributed by atoms with van der Waals surface area (Å²) < 4.78 is 0. The van der Waals surface area contributed by atoms with E-state index in [1.165, 1.54) is 21.8 Å². The van der Waals surface area contributed by atoms with Gasteiger partial charge in [0.2, 0.25) is 0 Å². The highest BCUT2D eigenvalue weighted by Crippen LogP contribution is 2.26. The molecule has 7 nitrogen and oxygen atoms in total. The Labute approximate surface area is 230 Å². The summed E-state index contributed by atoms with van der Waals surface area (Å²) in [6, 6.07) is 17.2. The van der Waals surface area contributed by atoms with Gasteiger partial charge in [-0.2, -0.15) is 0 Å². The van der Waals surface area contributed by atoms with Gasteiger partial charge in [-0.15, -0.1) is 11.3 Å². The molecule has 2 amide bonds. The van der Waals surface area contributed by atoms with Crippen LogP contribution in [0.2, 0.25) is 10.0 Å². The third kappa shape index (κ3) is 7.24. The maximum absolute atomic E-state index is 12.7. The molecule has 2 atom stereocenters. The molecule has 3 aromatic rings. The van der Waals surface area contributed by atoms with E-state index in [0.29, 0.717) is 36.2 Å². The fourth-order valence-corrected chi connectivity index (χ4v) is 5.45. The van der Waals surface area contributed by atoms with E-state index < -0.39 is 24.0 Å². The minimum atomic E-state index is -1.85. The first kappa shape index (κ1) is 27.4.